The normalized spacial score (nSPS) is 27.8. The van der Waals surface area contributed by atoms with Crippen molar-refractivity contribution in [1.29, 1.82) is 0 Å². The van der Waals surface area contributed by atoms with Crippen LogP contribution in [0.25, 0.3) is 0 Å². The molecule has 3 rings (SSSR count). The van der Waals surface area contributed by atoms with Gasteiger partial charge in [0.15, 0.2) is 0 Å². The third-order valence-electron chi connectivity index (χ3n) is 4.53. The fourth-order valence-corrected chi connectivity index (χ4v) is 3.56. The minimum atomic E-state index is -0.392. The van der Waals surface area contributed by atoms with Crippen molar-refractivity contribution in [2.45, 2.75) is 50.7 Å². The van der Waals surface area contributed by atoms with E-state index in [1.54, 1.807) is 12.4 Å². The molecule has 0 unspecified atom stereocenters. The maximum Gasteiger partial charge on any atom is 0.322 e. The summed E-state index contributed by atoms with van der Waals surface area (Å²) in [4.78, 5) is 14.2. The Morgan fingerprint density at radius 1 is 1.40 bits per heavy atom. The number of anilines is 1. The van der Waals surface area contributed by atoms with Gasteiger partial charge in [-0.25, -0.2) is 4.79 Å². The summed E-state index contributed by atoms with van der Waals surface area (Å²) in [6.07, 6.45) is 9.69. The molecule has 3 N–H and O–H groups in total. The number of H-pyrrole nitrogens is 1. The van der Waals surface area contributed by atoms with E-state index in [0.717, 1.165) is 0 Å². The number of aliphatic hydroxyl groups excluding tert-OH is 1. The van der Waals surface area contributed by atoms with Crippen LogP contribution in [0.5, 0.6) is 0 Å². The molecule has 0 bridgehead atoms. The highest BCUT2D eigenvalue weighted by Gasteiger charge is 2.39. The number of amides is 2. The summed E-state index contributed by atoms with van der Waals surface area (Å²) in [5, 5.41) is 19.3. The van der Waals surface area contributed by atoms with Crippen LogP contribution >= 0.6 is 0 Å². The molecular weight excluding hydrogens is 256 g/mol. The van der Waals surface area contributed by atoms with Crippen molar-refractivity contribution in [3.05, 3.63) is 12.4 Å². The van der Waals surface area contributed by atoms with Gasteiger partial charge in [-0.2, -0.15) is 5.10 Å². The maximum atomic E-state index is 12.4. The molecule has 1 saturated heterocycles. The molecule has 2 heterocycles. The van der Waals surface area contributed by atoms with Crippen LogP contribution in [0.1, 0.15) is 38.5 Å². The first-order valence-corrected chi connectivity index (χ1v) is 7.48. The number of hydrogen-bond acceptors (Lipinski definition) is 3. The highest BCUT2D eigenvalue weighted by molar-refractivity contribution is 5.89. The molecule has 2 atom stereocenters. The molecule has 0 radical (unpaired) electrons. The van der Waals surface area contributed by atoms with Gasteiger partial charge in [-0.05, 0) is 25.2 Å². The molecule has 2 fully saturated rings. The Kier molecular flexibility index (Phi) is 3.91. The van der Waals surface area contributed by atoms with Gasteiger partial charge >= 0.3 is 6.03 Å². The van der Waals surface area contributed by atoms with Crippen molar-refractivity contribution in [3.63, 3.8) is 0 Å². The van der Waals surface area contributed by atoms with E-state index in [1.807, 2.05) is 4.90 Å². The topological polar surface area (TPSA) is 81.2 Å². The van der Waals surface area contributed by atoms with Gasteiger partial charge in [-0.3, -0.25) is 5.10 Å². The quantitative estimate of drug-likeness (QED) is 0.773. The zero-order chi connectivity index (χ0) is 13.9. The van der Waals surface area contributed by atoms with Crippen LogP contribution in [0, 0.1) is 5.92 Å². The number of nitrogens with one attached hydrogen (secondary N) is 2. The SMILES string of the molecule is O=C(Nc1cn[nH]c1)N1C[C@H](O)C[C@@H]1C1CCCCC1. The number of urea groups is 1. The van der Waals surface area contributed by atoms with Crippen LogP contribution in [0.15, 0.2) is 12.4 Å². The molecule has 1 saturated carbocycles. The summed E-state index contributed by atoms with van der Waals surface area (Å²) in [6.45, 7) is 0.435. The summed E-state index contributed by atoms with van der Waals surface area (Å²) in [5.41, 5.74) is 0.666. The number of nitrogens with zero attached hydrogens (tertiary/aromatic N) is 2. The second-order valence-electron chi connectivity index (χ2n) is 5.92. The number of likely N-dealkylation sites (tertiary alicyclic amines) is 1. The number of hydrogen-bond donors (Lipinski definition) is 3. The highest BCUT2D eigenvalue weighted by atomic mass is 16.3. The van der Waals surface area contributed by atoms with Crippen LogP contribution in [-0.4, -0.2) is 44.9 Å². The minimum absolute atomic E-state index is 0.126. The van der Waals surface area contributed by atoms with Crippen molar-refractivity contribution in [3.8, 4) is 0 Å². The van der Waals surface area contributed by atoms with Crippen LogP contribution in [0.2, 0.25) is 0 Å². The maximum absolute atomic E-state index is 12.4. The molecule has 6 nitrogen and oxygen atoms in total. The fraction of sp³-hybridized carbons (Fsp3) is 0.714. The zero-order valence-corrected chi connectivity index (χ0v) is 11.6. The first kappa shape index (κ1) is 13.4. The van der Waals surface area contributed by atoms with E-state index in [4.69, 9.17) is 0 Å². The van der Waals surface area contributed by atoms with Gasteiger partial charge in [-0.15, -0.1) is 0 Å². The molecule has 2 aliphatic rings. The Morgan fingerprint density at radius 3 is 2.90 bits per heavy atom. The molecule has 1 aromatic heterocycles. The monoisotopic (exact) mass is 278 g/mol. The zero-order valence-electron chi connectivity index (χ0n) is 11.6. The van der Waals surface area contributed by atoms with Gasteiger partial charge in [0.2, 0.25) is 0 Å². The van der Waals surface area contributed by atoms with Crippen molar-refractivity contribution in [2.24, 2.45) is 5.92 Å². The smallest absolute Gasteiger partial charge is 0.322 e. The number of aromatic amines is 1. The number of aliphatic hydroxyl groups is 1. The van der Waals surface area contributed by atoms with Crippen LogP contribution < -0.4 is 5.32 Å². The summed E-state index contributed by atoms with van der Waals surface area (Å²) in [7, 11) is 0. The van der Waals surface area contributed by atoms with Gasteiger partial charge in [0.25, 0.3) is 0 Å². The number of carbonyl (C=O) groups is 1. The minimum Gasteiger partial charge on any atom is -0.391 e. The van der Waals surface area contributed by atoms with Crippen LogP contribution in [0.4, 0.5) is 10.5 Å². The molecule has 20 heavy (non-hydrogen) atoms. The molecule has 1 aromatic rings. The largest absolute Gasteiger partial charge is 0.391 e. The average molecular weight is 278 g/mol. The lowest BCUT2D eigenvalue weighted by atomic mass is 9.83. The molecule has 2 amide bonds. The number of carbonyl (C=O) groups excluding carboxylic acids is 1. The lowest BCUT2D eigenvalue weighted by Gasteiger charge is -2.33. The van der Waals surface area contributed by atoms with E-state index in [2.05, 4.69) is 15.5 Å². The summed E-state index contributed by atoms with van der Waals surface area (Å²) >= 11 is 0. The fourth-order valence-electron chi connectivity index (χ4n) is 3.56. The number of β-amino-alcohol motifs (C(OH)–C–C–N with tert-alkyl or cyclic N) is 1. The third-order valence-corrected chi connectivity index (χ3v) is 4.53. The summed E-state index contributed by atoms with van der Waals surface area (Å²) in [6, 6.07) is 0.0516. The molecular formula is C14H22N4O2. The van der Waals surface area contributed by atoms with E-state index in [9.17, 15) is 9.90 Å². The molecule has 1 aliphatic heterocycles. The van der Waals surface area contributed by atoms with E-state index in [1.165, 1.54) is 32.1 Å². The first-order chi connectivity index (χ1) is 9.74. The third kappa shape index (κ3) is 2.80. The highest BCUT2D eigenvalue weighted by Crippen LogP contribution is 2.34. The Hall–Kier alpha value is -1.56. The molecule has 0 aromatic carbocycles. The Balaban J connectivity index is 1.67. The molecule has 110 valence electrons. The Labute approximate surface area is 118 Å². The van der Waals surface area contributed by atoms with Gasteiger partial charge in [0.05, 0.1) is 18.0 Å². The van der Waals surface area contributed by atoms with Crippen molar-refractivity contribution in [1.82, 2.24) is 15.1 Å². The Bertz CT molecular complexity index is 442. The second kappa shape index (κ2) is 5.83. The standard InChI is InChI=1S/C14H22N4O2/c19-12-6-13(10-4-2-1-3-5-10)18(9-12)14(20)17-11-7-15-16-8-11/h7-8,10,12-13,19H,1-6,9H2,(H,15,16)(H,17,20)/t12-,13-/m1/s1. The Morgan fingerprint density at radius 2 is 2.20 bits per heavy atom. The lowest BCUT2D eigenvalue weighted by Crippen LogP contribution is -2.43. The lowest BCUT2D eigenvalue weighted by molar-refractivity contribution is 0.164. The summed E-state index contributed by atoms with van der Waals surface area (Å²) in [5.74, 6) is 0.538. The van der Waals surface area contributed by atoms with Crippen molar-refractivity contribution >= 4 is 11.7 Å². The van der Waals surface area contributed by atoms with E-state index >= 15 is 0 Å². The predicted molar refractivity (Wildman–Crippen MR) is 75.3 cm³/mol. The van der Waals surface area contributed by atoms with Gasteiger partial charge in [-0.1, -0.05) is 19.3 Å². The molecule has 6 heteroatoms. The second-order valence-corrected chi connectivity index (χ2v) is 5.92. The van der Waals surface area contributed by atoms with E-state index in [0.29, 0.717) is 24.6 Å². The summed E-state index contributed by atoms with van der Waals surface area (Å²) < 4.78 is 0. The average Bonchev–Trinajstić information content (AvgIpc) is 3.09. The van der Waals surface area contributed by atoms with Gasteiger partial charge in [0.1, 0.15) is 0 Å². The molecule has 1 aliphatic carbocycles. The van der Waals surface area contributed by atoms with Crippen LogP contribution in [0.3, 0.4) is 0 Å². The van der Waals surface area contributed by atoms with E-state index < -0.39 is 6.10 Å². The first-order valence-electron chi connectivity index (χ1n) is 7.48. The number of rotatable bonds is 2. The predicted octanol–water partition coefficient (Wildman–Crippen LogP) is 1.96. The van der Waals surface area contributed by atoms with Gasteiger partial charge in [0, 0.05) is 18.8 Å². The molecule has 0 spiro atoms. The van der Waals surface area contributed by atoms with Gasteiger partial charge < -0.3 is 15.3 Å². The van der Waals surface area contributed by atoms with Crippen LogP contribution in [-0.2, 0) is 0 Å². The number of aromatic nitrogens is 2. The van der Waals surface area contributed by atoms with Crippen molar-refractivity contribution < 1.29 is 9.90 Å². The van der Waals surface area contributed by atoms with Crippen molar-refractivity contribution in [2.75, 3.05) is 11.9 Å². The van der Waals surface area contributed by atoms with E-state index in [-0.39, 0.29) is 12.1 Å².